The SMILES string of the molecule is CC(C)[C@H](NC(=O)N(C)[C@@H](C)c1ccccc1)c1ccc2c(c1)OCCCO2. The van der Waals surface area contributed by atoms with E-state index >= 15 is 0 Å². The Morgan fingerprint density at radius 1 is 0.964 bits per heavy atom. The fourth-order valence-corrected chi connectivity index (χ4v) is 3.37. The summed E-state index contributed by atoms with van der Waals surface area (Å²) in [7, 11) is 1.83. The van der Waals surface area contributed by atoms with Crippen molar-refractivity contribution >= 4 is 6.03 Å². The highest BCUT2D eigenvalue weighted by molar-refractivity contribution is 5.75. The standard InChI is InChI=1S/C23H30N2O3/c1-16(2)22(19-11-12-20-21(15-19)28-14-8-13-27-20)24-23(26)25(4)17(3)18-9-6-5-7-10-18/h5-7,9-12,15-17,22H,8,13-14H2,1-4H3,(H,24,26)/t17-,22-/m0/s1. The van der Waals surface area contributed by atoms with Crippen LogP contribution in [0.4, 0.5) is 4.79 Å². The fraction of sp³-hybridized carbons (Fsp3) is 0.435. The van der Waals surface area contributed by atoms with Crippen molar-refractivity contribution in [3.63, 3.8) is 0 Å². The molecule has 1 heterocycles. The number of carbonyl (C=O) groups is 1. The minimum atomic E-state index is -0.116. The summed E-state index contributed by atoms with van der Waals surface area (Å²) >= 11 is 0. The second-order valence-corrected chi connectivity index (χ2v) is 7.63. The quantitative estimate of drug-likeness (QED) is 0.796. The third-order valence-electron chi connectivity index (χ3n) is 5.26. The Kier molecular flexibility index (Phi) is 6.45. The molecule has 3 rings (SSSR count). The van der Waals surface area contributed by atoms with Crippen molar-refractivity contribution in [3.8, 4) is 11.5 Å². The van der Waals surface area contributed by atoms with Crippen LogP contribution in [0, 0.1) is 5.92 Å². The summed E-state index contributed by atoms with van der Waals surface area (Å²) in [6.07, 6.45) is 0.872. The molecule has 1 N–H and O–H groups in total. The molecular weight excluding hydrogens is 352 g/mol. The molecule has 1 aliphatic rings. The first-order valence-corrected chi connectivity index (χ1v) is 9.95. The van der Waals surface area contributed by atoms with Gasteiger partial charge in [0.05, 0.1) is 25.3 Å². The Balaban J connectivity index is 1.76. The molecule has 0 aliphatic carbocycles. The molecule has 2 amide bonds. The molecule has 0 spiro atoms. The largest absolute Gasteiger partial charge is 0.490 e. The lowest BCUT2D eigenvalue weighted by atomic mass is 9.95. The van der Waals surface area contributed by atoms with Crippen LogP contribution in [-0.2, 0) is 0 Å². The summed E-state index contributed by atoms with van der Waals surface area (Å²) in [6, 6.07) is 15.8. The van der Waals surface area contributed by atoms with Crippen LogP contribution in [0.25, 0.3) is 0 Å². The van der Waals surface area contributed by atoms with Crippen LogP contribution in [0.5, 0.6) is 11.5 Å². The second-order valence-electron chi connectivity index (χ2n) is 7.63. The maximum absolute atomic E-state index is 12.9. The summed E-state index contributed by atoms with van der Waals surface area (Å²) in [5, 5.41) is 3.20. The lowest BCUT2D eigenvalue weighted by molar-refractivity contribution is 0.186. The van der Waals surface area contributed by atoms with Gasteiger partial charge in [-0.1, -0.05) is 50.2 Å². The number of benzene rings is 2. The molecule has 2 aromatic carbocycles. The number of amides is 2. The highest BCUT2D eigenvalue weighted by Gasteiger charge is 2.24. The molecule has 150 valence electrons. The molecule has 0 fully saturated rings. The summed E-state index contributed by atoms with van der Waals surface area (Å²) in [5.41, 5.74) is 2.13. The number of hydrogen-bond acceptors (Lipinski definition) is 3. The first-order chi connectivity index (χ1) is 13.5. The molecule has 2 aromatic rings. The van der Waals surface area contributed by atoms with Crippen molar-refractivity contribution in [2.45, 2.75) is 39.3 Å². The van der Waals surface area contributed by atoms with Crippen molar-refractivity contribution in [1.29, 1.82) is 0 Å². The van der Waals surface area contributed by atoms with Gasteiger partial charge in [0.25, 0.3) is 0 Å². The number of nitrogens with one attached hydrogen (secondary N) is 1. The van der Waals surface area contributed by atoms with Crippen LogP contribution in [0.2, 0.25) is 0 Å². The molecule has 0 saturated carbocycles. The zero-order chi connectivity index (χ0) is 20.1. The summed E-state index contributed by atoms with van der Waals surface area (Å²) in [5.74, 6) is 1.75. The van der Waals surface area contributed by atoms with Gasteiger partial charge >= 0.3 is 6.03 Å². The van der Waals surface area contributed by atoms with Gasteiger partial charge in [0, 0.05) is 13.5 Å². The van der Waals surface area contributed by atoms with E-state index in [9.17, 15) is 4.79 Å². The fourth-order valence-electron chi connectivity index (χ4n) is 3.37. The molecule has 5 heteroatoms. The summed E-state index contributed by atoms with van der Waals surface area (Å²) < 4.78 is 11.5. The molecule has 1 aliphatic heterocycles. The zero-order valence-electron chi connectivity index (χ0n) is 17.1. The van der Waals surface area contributed by atoms with Gasteiger partial charge in [-0.3, -0.25) is 0 Å². The first kappa shape index (κ1) is 20.1. The van der Waals surface area contributed by atoms with E-state index in [0.29, 0.717) is 13.2 Å². The molecule has 0 saturated heterocycles. The Morgan fingerprint density at radius 3 is 2.32 bits per heavy atom. The average Bonchev–Trinajstić information content (AvgIpc) is 2.96. The number of ether oxygens (including phenoxy) is 2. The van der Waals surface area contributed by atoms with E-state index in [4.69, 9.17) is 9.47 Å². The Morgan fingerprint density at radius 2 is 1.64 bits per heavy atom. The highest BCUT2D eigenvalue weighted by Crippen LogP contribution is 2.34. The molecule has 28 heavy (non-hydrogen) atoms. The van der Waals surface area contributed by atoms with Crippen LogP contribution < -0.4 is 14.8 Å². The third kappa shape index (κ3) is 4.58. The lowest BCUT2D eigenvalue weighted by Gasteiger charge is -2.30. The number of urea groups is 1. The van der Waals surface area contributed by atoms with Gasteiger partial charge in [0.1, 0.15) is 0 Å². The van der Waals surface area contributed by atoms with Crippen molar-refractivity contribution < 1.29 is 14.3 Å². The van der Waals surface area contributed by atoms with E-state index in [1.54, 1.807) is 4.90 Å². The first-order valence-electron chi connectivity index (χ1n) is 9.95. The van der Waals surface area contributed by atoms with Gasteiger partial charge in [0.15, 0.2) is 11.5 Å². The van der Waals surface area contributed by atoms with E-state index in [1.807, 2.05) is 62.5 Å². The van der Waals surface area contributed by atoms with Gasteiger partial charge in [0.2, 0.25) is 0 Å². The lowest BCUT2D eigenvalue weighted by Crippen LogP contribution is -2.42. The number of nitrogens with zero attached hydrogens (tertiary/aromatic N) is 1. The van der Waals surface area contributed by atoms with E-state index < -0.39 is 0 Å². The predicted octanol–water partition coefficient (Wildman–Crippen LogP) is 4.95. The molecule has 0 bridgehead atoms. The van der Waals surface area contributed by atoms with Crippen molar-refractivity contribution in [1.82, 2.24) is 10.2 Å². The Hall–Kier alpha value is -2.69. The monoisotopic (exact) mass is 382 g/mol. The van der Waals surface area contributed by atoms with Gasteiger partial charge < -0.3 is 19.7 Å². The van der Waals surface area contributed by atoms with Gasteiger partial charge in [-0.2, -0.15) is 0 Å². The molecular formula is C23H30N2O3. The number of fused-ring (bicyclic) bond motifs is 1. The maximum atomic E-state index is 12.9. The molecule has 0 unspecified atom stereocenters. The van der Waals surface area contributed by atoms with Gasteiger partial charge in [-0.15, -0.1) is 0 Å². The van der Waals surface area contributed by atoms with E-state index in [-0.39, 0.29) is 24.0 Å². The van der Waals surface area contributed by atoms with Crippen molar-refractivity contribution in [3.05, 3.63) is 59.7 Å². The molecule has 5 nitrogen and oxygen atoms in total. The minimum Gasteiger partial charge on any atom is -0.490 e. The topological polar surface area (TPSA) is 50.8 Å². The van der Waals surface area contributed by atoms with E-state index in [0.717, 1.165) is 29.0 Å². The maximum Gasteiger partial charge on any atom is 0.318 e. The number of rotatable bonds is 5. The van der Waals surface area contributed by atoms with E-state index in [2.05, 4.69) is 19.2 Å². The summed E-state index contributed by atoms with van der Waals surface area (Å²) in [4.78, 5) is 14.7. The van der Waals surface area contributed by atoms with Crippen molar-refractivity contribution in [2.24, 2.45) is 5.92 Å². The molecule has 0 radical (unpaired) electrons. The second kappa shape index (κ2) is 9.00. The van der Waals surface area contributed by atoms with Gasteiger partial charge in [-0.05, 0) is 36.1 Å². The van der Waals surface area contributed by atoms with Crippen LogP contribution in [0.15, 0.2) is 48.5 Å². The van der Waals surface area contributed by atoms with E-state index in [1.165, 1.54) is 0 Å². The predicted molar refractivity (Wildman–Crippen MR) is 111 cm³/mol. The highest BCUT2D eigenvalue weighted by atomic mass is 16.5. The smallest absolute Gasteiger partial charge is 0.318 e. The van der Waals surface area contributed by atoms with Crippen LogP contribution in [0.1, 0.15) is 50.4 Å². The Labute approximate surface area is 167 Å². The number of hydrogen-bond donors (Lipinski definition) is 1. The van der Waals surface area contributed by atoms with Crippen LogP contribution in [0.3, 0.4) is 0 Å². The number of carbonyl (C=O) groups excluding carboxylic acids is 1. The van der Waals surface area contributed by atoms with Crippen molar-refractivity contribution in [2.75, 3.05) is 20.3 Å². The van der Waals surface area contributed by atoms with Crippen LogP contribution >= 0.6 is 0 Å². The normalized spacial score (nSPS) is 15.5. The third-order valence-corrected chi connectivity index (χ3v) is 5.26. The molecule has 2 atom stereocenters. The Bertz CT molecular complexity index is 792. The summed E-state index contributed by atoms with van der Waals surface area (Å²) in [6.45, 7) is 7.56. The average molecular weight is 383 g/mol. The minimum absolute atomic E-state index is 0.0159. The van der Waals surface area contributed by atoms with Gasteiger partial charge in [-0.25, -0.2) is 4.79 Å². The zero-order valence-corrected chi connectivity index (χ0v) is 17.1. The van der Waals surface area contributed by atoms with Crippen LogP contribution in [-0.4, -0.2) is 31.2 Å². The molecule has 0 aromatic heterocycles.